The van der Waals surface area contributed by atoms with Crippen LogP contribution in [0.1, 0.15) is 18.9 Å². The second-order valence-electron chi connectivity index (χ2n) is 5.40. The number of aliphatic hydroxyl groups is 1. The Balaban J connectivity index is 1.83. The summed E-state index contributed by atoms with van der Waals surface area (Å²) in [6.07, 6.45) is -3.54. The van der Waals surface area contributed by atoms with Crippen molar-refractivity contribution in [3.63, 3.8) is 0 Å². The fraction of sp³-hybridized carbons (Fsp3) is 0.571. The molecule has 0 bridgehead atoms. The lowest BCUT2D eigenvalue weighted by Gasteiger charge is -2.18. The van der Waals surface area contributed by atoms with Gasteiger partial charge in [-0.05, 0) is 31.5 Å². The third-order valence-electron chi connectivity index (χ3n) is 3.37. The average molecular weight is 305 g/mol. The molecule has 1 heterocycles. The summed E-state index contributed by atoms with van der Waals surface area (Å²) in [7, 11) is 0. The van der Waals surface area contributed by atoms with Crippen LogP contribution in [-0.4, -0.2) is 41.0 Å². The van der Waals surface area contributed by atoms with E-state index in [9.17, 15) is 18.3 Å². The molecular weight excluding hydrogens is 287 g/mol. The largest absolute Gasteiger partial charge is 0.416 e. The van der Waals surface area contributed by atoms with Crippen molar-refractivity contribution in [2.45, 2.75) is 30.0 Å². The predicted molar refractivity (Wildman–Crippen MR) is 73.8 cm³/mol. The minimum Gasteiger partial charge on any atom is -0.389 e. The summed E-state index contributed by atoms with van der Waals surface area (Å²) in [5, 5.41) is 9.83. The normalized spacial score (nSPS) is 24.2. The molecule has 1 N–H and O–H groups in total. The quantitative estimate of drug-likeness (QED) is 0.864. The first kappa shape index (κ1) is 15.7. The summed E-state index contributed by atoms with van der Waals surface area (Å²) in [5.74, 6) is 0.720. The lowest BCUT2D eigenvalue weighted by atomic mass is 10.1. The Hall–Kier alpha value is -0.720. The molecule has 0 amide bonds. The van der Waals surface area contributed by atoms with E-state index in [-0.39, 0.29) is 0 Å². The van der Waals surface area contributed by atoms with Crippen LogP contribution < -0.4 is 0 Å². The molecule has 1 aromatic carbocycles. The van der Waals surface area contributed by atoms with Crippen molar-refractivity contribution in [2.75, 3.05) is 25.4 Å². The SMILES string of the molecule is CC1(O)CCN(CCSc2cccc(C(F)(F)F)c2)C1. The topological polar surface area (TPSA) is 23.5 Å². The van der Waals surface area contributed by atoms with Crippen molar-refractivity contribution in [2.24, 2.45) is 0 Å². The van der Waals surface area contributed by atoms with Crippen LogP contribution >= 0.6 is 11.8 Å². The molecule has 0 aromatic heterocycles. The van der Waals surface area contributed by atoms with Gasteiger partial charge in [-0.3, -0.25) is 4.90 Å². The number of rotatable bonds is 4. The number of benzene rings is 1. The number of alkyl halides is 3. The molecule has 1 unspecified atom stereocenters. The van der Waals surface area contributed by atoms with E-state index in [4.69, 9.17) is 0 Å². The number of halogens is 3. The van der Waals surface area contributed by atoms with Crippen molar-refractivity contribution >= 4 is 11.8 Å². The minimum atomic E-state index is -4.29. The van der Waals surface area contributed by atoms with Gasteiger partial charge in [0.15, 0.2) is 0 Å². The van der Waals surface area contributed by atoms with Crippen LogP contribution in [0.15, 0.2) is 29.2 Å². The van der Waals surface area contributed by atoms with Crippen molar-refractivity contribution in [1.82, 2.24) is 4.90 Å². The Morgan fingerprint density at radius 2 is 2.15 bits per heavy atom. The van der Waals surface area contributed by atoms with Crippen molar-refractivity contribution < 1.29 is 18.3 Å². The van der Waals surface area contributed by atoms with Gasteiger partial charge in [0.1, 0.15) is 0 Å². The van der Waals surface area contributed by atoms with E-state index in [0.717, 1.165) is 31.3 Å². The van der Waals surface area contributed by atoms with Gasteiger partial charge >= 0.3 is 6.18 Å². The molecule has 1 aromatic rings. The zero-order valence-electron chi connectivity index (χ0n) is 11.3. The highest BCUT2D eigenvalue weighted by atomic mass is 32.2. The summed E-state index contributed by atoms with van der Waals surface area (Å²) in [4.78, 5) is 2.77. The molecule has 2 rings (SSSR count). The van der Waals surface area contributed by atoms with Gasteiger partial charge in [-0.2, -0.15) is 13.2 Å². The Labute approximate surface area is 121 Å². The highest BCUT2D eigenvalue weighted by Crippen LogP contribution is 2.32. The Morgan fingerprint density at radius 1 is 1.40 bits per heavy atom. The first-order valence-corrected chi connectivity index (χ1v) is 7.50. The first-order chi connectivity index (χ1) is 9.26. The molecule has 1 atom stereocenters. The number of likely N-dealkylation sites (tertiary alicyclic amines) is 1. The molecule has 0 spiro atoms. The standard InChI is InChI=1S/C14H18F3NOS/c1-13(19)5-6-18(10-13)7-8-20-12-4-2-3-11(9-12)14(15,16)17/h2-4,9,19H,5-8,10H2,1H3. The summed E-state index contributed by atoms with van der Waals surface area (Å²) in [6, 6.07) is 5.40. The molecule has 0 aliphatic carbocycles. The molecule has 0 saturated carbocycles. The molecule has 1 aliphatic heterocycles. The monoisotopic (exact) mass is 305 g/mol. The third kappa shape index (κ3) is 4.40. The van der Waals surface area contributed by atoms with E-state index in [2.05, 4.69) is 4.90 Å². The highest BCUT2D eigenvalue weighted by molar-refractivity contribution is 7.99. The molecule has 20 heavy (non-hydrogen) atoms. The summed E-state index contributed by atoms with van der Waals surface area (Å²) < 4.78 is 37.7. The number of nitrogens with zero attached hydrogens (tertiary/aromatic N) is 1. The van der Waals surface area contributed by atoms with Crippen LogP contribution in [0, 0.1) is 0 Å². The van der Waals surface area contributed by atoms with E-state index in [1.807, 2.05) is 6.92 Å². The number of hydrogen-bond acceptors (Lipinski definition) is 3. The van der Waals surface area contributed by atoms with Crippen molar-refractivity contribution in [1.29, 1.82) is 0 Å². The molecule has 6 heteroatoms. The zero-order chi connectivity index (χ0) is 14.8. The molecule has 2 nitrogen and oxygen atoms in total. The molecule has 1 fully saturated rings. The van der Waals surface area contributed by atoms with Crippen LogP contribution in [0.2, 0.25) is 0 Å². The second kappa shape index (κ2) is 5.95. The molecule has 1 saturated heterocycles. The van der Waals surface area contributed by atoms with Gasteiger partial charge in [-0.25, -0.2) is 0 Å². The van der Waals surface area contributed by atoms with Crippen LogP contribution in [0.3, 0.4) is 0 Å². The number of hydrogen-bond donors (Lipinski definition) is 1. The van der Waals surface area contributed by atoms with E-state index in [0.29, 0.717) is 11.4 Å². The summed E-state index contributed by atoms with van der Waals surface area (Å²) in [5.41, 5.74) is -1.23. The van der Waals surface area contributed by atoms with Crippen LogP contribution in [-0.2, 0) is 6.18 Å². The van der Waals surface area contributed by atoms with E-state index < -0.39 is 17.3 Å². The maximum Gasteiger partial charge on any atom is 0.416 e. The first-order valence-electron chi connectivity index (χ1n) is 6.51. The minimum absolute atomic E-state index is 0.605. The lowest BCUT2D eigenvalue weighted by molar-refractivity contribution is -0.137. The average Bonchev–Trinajstić information content (AvgIpc) is 2.68. The molecule has 1 aliphatic rings. The Morgan fingerprint density at radius 3 is 2.75 bits per heavy atom. The smallest absolute Gasteiger partial charge is 0.389 e. The van der Waals surface area contributed by atoms with Crippen LogP contribution in [0.4, 0.5) is 13.2 Å². The predicted octanol–water partition coefficient (Wildman–Crippen LogP) is 3.25. The third-order valence-corrected chi connectivity index (χ3v) is 4.34. The van der Waals surface area contributed by atoms with Gasteiger partial charge in [0.25, 0.3) is 0 Å². The van der Waals surface area contributed by atoms with Crippen LogP contribution in [0.5, 0.6) is 0 Å². The Bertz CT molecular complexity index is 462. The fourth-order valence-electron chi connectivity index (χ4n) is 2.28. The van der Waals surface area contributed by atoms with E-state index in [1.54, 1.807) is 6.07 Å². The number of β-amino-alcohol motifs (C(OH)–C–C–N with tert-alkyl or cyclic N) is 1. The summed E-state index contributed by atoms with van der Waals surface area (Å²) in [6.45, 7) is 4.07. The van der Waals surface area contributed by atoms with Gasteiger partial charge in [0, 0.05) is 30.3 Å². The summed E-state index contributed by atoms with van der Waals surface area (Å²) >= 11 is 1.41. The van der Waals surface area contributed by atoms with Gasteiger partial charge < -0.3 is 5.11 Å². The van der Waals surface area contributed by atoms with Crippen LogP contribution in [0.25, 0.3) is 0 Å². The van der Waals surface area contributed by atoms with Crippen molar-refractivity contribution in [3.8, 4) is 0 Å². The van der Waals surface area contributed by atoms with E-state index >= 15 is 0 Å². The maximum atomic E-state index is 12.6. The maximum absolute atomic E-state index is 12.6. The van der Waals surface area contributed by atoms with Gasteiger partial charge in [-0.1, -0.05) is 6.07 Å². The van der Waals surface area contributed by atoms with E-state index in [1.165, 1.54) is 23.9 Å². The highest BCUT2D eigenvalue weighted by Gasteiger charge is 2.31. The molecular formula is C14H18F3NOS. The van der Waals surface area contributed by atoms with Gasteiger partial charge in [0.2, 0.25) is 0 Å². The van der Waals surface area contributed by atoms with Crippen molar-refractivity contribution in [3.05, 3.63) is 29.8 Å². The Kier molecular flexibility index (Phi) is 4.66. The fourth-order valence-corrected chi connectivity index (χ4v) is 3.25. The number of thioether (sulfide) groups is 1. The molecule has 112 valence electrons. The zero-order valence-corrected chi connectivity index (χ0v) is 12.1. The molecule has 0 radical (unpaired) electrons. The van der Waals surface area contributed by atoms with Gasteiger partial charge in [-0.15, -0.1) is 11.8 Å². The second-order valence-corrected chi connectivity index (χ2v) is 6.57. The lowest BCUT2D eigenvalue weighted by Crippen LogP contribution is -2.30. The van der Waals surface area contributed by atoms with Gasteiger partial charge in [0.05, 0.1) is 11.2 Å².